The van der Waals surface area contributed by atoms with E-state index >= 15 is 0 Å². The van der Waals surface area contributed by atoms with Crippen LogP contribution < -0.4 is 11.5 Å². The van der Waals surface area contributed by atoms with E-state index in [4.69, 9.17) is 34.7 Å². The van der Waals surface area contributed by atoms with Crippen molar-refractivity contribution in [2.45, 2.75) is 11.6 Å². The van der Waals surface area contributed by atoms with Crippen LogP contribution in [-0.4, -0.2) is 5.66 Å². The Bertz CT molecular complexity index is 464. The Hall–Kier alpha value is -0.800. The summed E-state index contributed by atoms with van der Waals surface area (Å²) in [7, 11) is 0. The zero-order valence-electron chi connectivity index (χ0n) is 8.53. The summed E-state index contributed by atoms with van der Waals surface area (Å²) in [6, 6.07) is 7.46. The van der Waals surface area contributed by atoms with Gasteiger partial charge in [0.15, 0.2) is 0 Å². The summed E-state index contributed by atoms with van der Waals surface area (Å²) < 4.78 is 0. The second kappa shape index (κ2) is 4.22. The van der Waals surface area contributed by atoms with Crippen molar-refractivity contribution in [1.82, 2.24) is 0 Å². The number of allylic oxidation sites excluding steroid dienone is 2. The van der Waals surface area contributed by atoms with Crippen LogP contribution in [0.2, 0.25) is 5.02 Å². The van der Waals surface area contributed by atoms with Gasteiger partial charge in [0, 0.05) is 16.0 Å². The molecule has 4 heteroatoms. The SMILES string of the molecule is NC1(N)C=CC(Cl)=CC1c1cccc(Cl)c1. The van der Waals surface area contributed by atoms with Crippen molar-refractivity contribution in [3.63, 3.8) is 0 Å². The number of nitrogens with two attached hydrogens (primary N) is 2. The lowest BCUT2D eigenvalue weighted by Crippen LogP contribution is -2.52. The third-order valence-electron chi connectivity index (χ3n) is 2.60. The first kappa shape index (κ1) is 11.7. The molecule has 84 valence electrons. The van der Waals surface area contributed by atoms with Gasteiger partial charge in [-0.2, -0.15) is 0 Å². The Morgan fingerprint density at radius 2 is 1.94 bits per heavy atom. The van der Waals surface area contributed by atoms with E-state index in [1.807, 2.05) is 30.3 Å². The quantitative estimate of drug-likeness (QED) is 0.758. The summed E-state index contributed by atoms with van der Waals surface area (Å²) in [6.45, 7) is 0. The Morgan fingerprint density at radius 3 is 2.62 bits per heavy atom. The van der Waals surface area contributed by atoms with Crippen LogP contribution in [0.1, 0.15) is 11.5 Å². The third kappa shape index (κ3) is 2.30. The normalized spacial score (nSPS) is 23.0. The smallest absolute Gasteiger partial charge is 0.0938 e. The highest BCUT2D eigenvalue weighted by Gasteiger charge is 2.30. The maximum absolute atomic E-state index is 6.01. The number of halogens is 2. The standard InChI is InChI=1S/C12H12Cl2N2/c13-9-3-1-2-8(6-9)11-7-10(14)4-5-12(11,15)16/h1-7,11H,15-16H2. The second-order valence-electron chi connectivity index (χ2n) is 3.92. The van der Waals surface area contributed by atoms with Crippen LogP contribution in [-0.2, 0) is 0 Å². The molecule has 0 aromatic heterocycles. The fraction of sp³-hybridized carbons (Fsp3) is 0.167. The van der Waals surface area contributed by atoms with E-state index in [0.717, 1.165) is 5.56 Å². The van der Waals surface area contributed by atoms with Gasteiger partial charge in [-0.1, -0.05) is 41.4 Å². The first-order valence-electron chi connectivity index (χ1n) is 4.89. The molecule has 1 aliphatic carbocycles. The van der Waals surface area contributed by atoms with E-state index in [9.17, 15) is 0 Å². The first-order chi connectivity index (χ1) is 7.49. The maximum Gasteiger partial charge on any atom is 0.0938 e. The molecule has 1 aliphatic rings. The number of hydrogen-bond acceptors (Lipinski definition) is 2. The second-order valence-corrected chi connectivity index (χ2v) is 4.79. The Labute approximate surface area is 105 Å². The molecule has 4 N–H and O–H groups in total. The molecule has 0 saturated carbocycles. The van der Waals surface area contributed by atoms with E-state index in [2.05, 4.69) is 0 Å². The topological polar surface area (TPSA) is 52.0 Å². The highest BCUT2D eigenvalue weighted by molar-refractivity contribution is 6.31. The van der Waals surface area contributed by atoms with Crippen LogP contribution in [0.5, 0.6) is 0 Å². The minimum absolute atomic E-state index is 0.163. The molecule has 0 aliphatic heterocycles. The summed E-state index contributed by atoms with van der Waals surface area (Å²) in [5, 5.41) is 1.30. The van der Waals surface area contributed by atoms with Crippen molar-refractivity contribution in [2.24, 2.45) is 11.5 Å². The summed E-state index contributed by atoms with van der Waals surface area (Å²) >= 11 is 11.9. The largest absolute Gasteiger partial charge is 0.309 e. The molecule has 0 spiro atoms. The fourth-order valence-corrected chi connectivity index (χ4v) is 2.16. The molecule has 2 rings (SSSR count). The van der Waals surface area contributed by atoms with Gasteiger partial charge in [-0.05, 0) is 29.8 Å². The lowest BCUT2D eigenvalue weighted by molar-refractivity contribution is 0.491. The molecule has 1 aromatic rings. The van der Waals surface area contributed by atoms with Gasteiger partial charge in [-0.3, -0.25) is 0 Å². The van der Waals surface area contributed by atoms with Crippen LogP contribution in [0.4, 0.5) is 0 Å². The van der Waals surface area contributed by atoms with Gasteiger partial charge in [-0.25, -0.2) is 0 Å². The monoisotopic (exact) mass is 254 g/mol. The summed E-state index contributed by atoms with van der Waals surface area (Å²) in [5.74, 6) is -0.163. The maximum atomic E-state index is 6.01. The highest BCUT2D eigenvalue weighted by atomic mass is 35.5. The highest BCUT2D eigenvalue weighted by Crippen LogP contribution is 2.32. The lowest BCUT2D eigenvalue weighted by atomic mass is 9.84. The van der Waals surface area contributed by atoms with Crippen LogP contribution in [0.3, 0.4) is 0 Å². The molecule has 0 saturated heterocycles. The van der Waals surface area contributed by atoms with Crippen molar-refractivity contribution < 1.29 is 0 Å². The predicted molar refractivity (Wildman–Crippen MR) is 68.4 cm³/mol. The van der Waals surface area contributed by atoms with E-state index in [0.29, 0.717) is 10.1 Å². The zero-order valence-corrected chi connectivity index (χ0v) is 10.0. The molecule has 16 heavy (non-hydrogen) atoms. The van der Waals surface area contributed by atoms with E-state index in [1.54, 1.807) is 12.2 Å². The van der Waals surface area contributed by atoms with Gasteiger partial charge in [0.2, 0.25) is 0 Å². The van der Waals surface area contributed by atoms with Gasteiger partial charge in [-0.15, -0.1) is 0 Å². The van der Waals surface area contributed by atoms with Crippen molar-refractivity contribution in [2.75, 3.05) is 0 Å². The van der Waals surface area contributed by atoms with Gasteiger partial charge < -0.3 is 11.5 Å². The Morgan fingerprint density at radius 1 is 1.19 bits per heavy atom. The summed E-state index contributed by atoms with van der Waals surface area (Å²) in [4.78, 5) is 0. The molecule has 0 heterocycles. The lowest BCUT2D eigenvalue weighted by Gasteiger charge is -2.32. The number of hydrogen-bond donors (Lipinski definition) is 2. The first-order valence-corrected chi connectivity index (χ1v) is 5.64. The minimum Gasteiger partial charge on any atom is -0.309 e. The number of benzene rings is 1. The molecule has 0 fully saturated rings. The van der Waals surface area contributed by atoms with E-state index in [-0.39, 0.29) is 5.92 Å². The molecule has 0 bridgehead atoms. The van der Waals surface area contributed by atoms with E-state index in [1.165, 1.54) is 0 Å². The Kier molecular flexibility index (Phi) is 3.08. The Balaban J connectivity index is 2.43. The van der Waals surface area contributed by atoms with Crippen molar-refractivity contribution in [3.8, 4) is 0 Å². The zero-order chi connectivity index (χ0) is 11.8. The van der Waals surface area contributed by atoms with E-state index < -0.39 is 5.66 Å². The van der Waals surface area contributed by atoms with Crippen LogP contribution in [0, 0.1) is 0 Å². The third-order valence-corrected chi connectivity index (χ3v) is 3.09. The fourth-order valence-electron chi connectivity index (χ4n) is 1.77. The van der Waals surface area contributed by atoms with Crippen LogP contribution in [0.15, 0.2) is 47.5 Å². The van der Waals surface area contributed by atoms with Gasteiger partial charge >= 0.3 is 0 Å². The number of rotatable bonds is 1. The molecule has 1 atom stereocenters. The predicted octanol–water partition coefficient (Wildman–Crippen LogP) is 2.73. The average molecular weight is 255 g/mol. The molecular weight excluding hydrogens is 243 g/mol. The molecule has 0 amide bonds. The summed E-state index contributed by atoms with van der Waals surface area (Å²) in [6.07, 6.45) is 5.26. The molecular formula is C12H12Cl2N2. The van der Waals surface area contributed by atoms with Crippen LogP contribution in [0.25, 0.3) is 0 Å². The minimum atomic E-state index is -0.928. The van der Waals surface area contributed by atoms with Crippen molar-refractivity contribution >= 4 is 23.2 Å². The molecule has 1 aromatic carbocycles. The van der Waals surface area contributed by atoms with Crippen molar-refractivity contribution in [1.29, 1.82) is 0 Å². The molecule has 1 unspecified atom stereocenters. The molecule has 2 nitrogen and oxygen atoms in total. The molecule has 0 radical (unpaired) electrons. The van der Waals surface area contributed by atoms with Crippen LogP contribution >= 0.6 is 23.2 Å². The average Bonchev–Trinajstić information content (AvgIpc) is 2.22. The van der Waals surface area contributed by atoms with Gasteiger partial charge in [0.05, 0.1) is 5.66 Å². The van der Waals surface area contributed by atoms with Gasteiger partial charge in [0.25, 0.3) is 0 Å². The summed E-state index contributed by atoms with van der Waals surface area (Å²) in [5.41, 5.74) is 12.1. The van der Waals surface area contributed by atoms with Crippen molar-refractivity contribution in [3.05, 3.63) is 58.1 Å². The van der Waals surface area contributed by atoms with Gasteiger partial charge in [0.1, 0.15) is 0 Å².